The highest BCUT2D eigenvalue weighted by molar-refractivity contribution is 5.96. The Morgan fingerprint density at radius 1 is 1.20 bits per heavy atom. The van der Waals surface area contributed by atoms with Crippen LogP contribution in [0.3, 0.4) is 0 Å². The van der Waals surface area contributed by atoms with Crippen LogP contribution in [-0.4, -0.2) is 23.8 Å². The van der Waals surface area contributed by atoms with Crippen LogP contribution in [0, 0.1) is 5.41 Å². The van der Waals surface area contributed by atoms with Gasteiger partial charge < -0.3 is 16.4 Å². The van der Waals surface area contributed by atoms with E-state index in [1.54, 1.807) is 24.3 Å². The molecule has 6 heteroatoms. The second-order valence-electron chi connectivity index (χ2n) is 4.29. The summed E-state index contributed by atoms with van der Waals surface area (Å²) in [6.07, 6.45) is 1.53. The Labute approximate surface area is 116 Å². The molecule has 20 heavy (non-hydrogen) atoms. The fourth-order valence-electron chi connectivity index (χ4n) is 1.79. The number of nitrogens with two attached hydrogens (primary N) is 2. The van der Waals surface area contributed by atoms with Crippen LogP contribution in [0.25, 0.3) is 0 Å². The van der Waals surface area contributed by atoms with Gasteiger partial charge in [0.2, 0.25) is 0 Å². The summed E-state index contributed by atoms with van der Waals surface area (Å²) in [7, 11) is 1.85. The summed E-state index contributed by atoms with van der Waals surface area (Å²) in [5.41, 5.74) is 13.2. The molecule has 6 nitrogen and oxygen atoms in total. The van der Waals surface area contributed by atoms with Gasteiger partial charge >= 0.3 is 0 Å². The number of benzene rings is 1. The van der Waals surface area contributed by atoms with Crippen molar-refractivity contribution in [1.82, 2.24) is 4.98 Å². The Morgan fingerprint density at radius 2 is 1.90 bits per heavy atom. The number of anilines is 2. The molecule has 0 unspecified atom stereocenters. The Kier molecular flexibility index (Phi) is 3.65. The Bertz CT molecular complexity index is 611. The second-order valence-corrected chi connectivity index (χ2v) is 4.29. The van der Waals surface area contributed by atoms with Gasteiger partial charge in [0.15, 0.2) is 0 Å². The van der Waals surface area contributed by atoms with Crippen LogP contribution in [0.15, 0.2) is 42.6 Å². The van der Waals surface area contributed by atoms with Crippen LogP contribution in [0.2, 0.25) is 0 Å². The summed E-state index contributed by atoms with van der Waals surface area (Å²) in [6.45, 7) is 0. The summed E-state index contributed by atoms with van der Waals surface area (Å²) in [6, 6.07) is 10.7. The van der Waals surface area contributed by atoms with E-state index in [0.717, 1.165) is 11.4 Å². The summed E-state index contributed by atoms with van der Waals surface area (Å²) in [5.74, 6) is -0.564. The van der Waals surface area contributed by atoms with Crippen molar-refractivity contribution in [2.45, 2.75) is 0 Å². The number of aromatic nitrogens is 1. The number of primary amides is 1. The van der Waals surface area contributed by atoms with E-state index in [1.165, 1.54) is 6.20 Å². The highest BCUT2D eigenvalue weighted by Crippen LogP contribution is 2.24. The number of rotatable bonds is 4. The first kappa shape index (κ1) is 13.5. The number of amidine groups is 1. The lowest BCUT2D eigenvalue weighted by Crippen LogP contribution is -2.16. The minimum absolute atomic E-state index is 0.00723. The molecule has 0 aliphatic carbocycles. The normalized spacial score (nSPS) is 10.1. The third-order valence-corrected chi connectivity index (χ3v) is 2.93. The van der Waals surface area contributed by atoms with Gasteiger partial charge in [-0.25, -0.2) is 0 Å². The zero-order valence-corrected chi connectivity index (χ0v) is 11.0. The fourth-order valence-corrected chi connectivity index (χ4v) is 1.79. The SMILES string of the molecule is CN(c1cccc(C(=N)N)c1)c1ccnc(C(N)=O)c1. The molecular formula is C14H15N5O. The zero-order valence-electron chi connectivity index (χ0n) is 11.0. The molecule has 5 N–H and O–H groups in total. The van der Waals surface area contributed by atoms with Crippen molar-refractivity contribution in [3.8, 4) is 0 Å². The third kappa shape index (κ3) is 2.74. The van der Waals surface area contributed by atoms with Gasteiger partial charge in [-0.15, -0.1) is 0 Å². The Balaban J connectivity index is 2.38. The summed E-state index contributed by atoms with van der Waals surface area (Å²) < 4.78 is 0. The topological polar surface area (TPSA) is 109 Å². The number of hydrogen-bond acceptors (Lipinski definition) is 4. The van der Waals surface area contributed by atoms with Crippen LogP contribution < -0.4 is 16.4 Å². The highest BCUT2D eigenvalue weighted by atomic mass is 16.1. The van der Waals surface area contributed by atoms with E-state index >= 15 is 0 Å². The first-order valence-corrected chi connectivity index (χ1v) is 5.93. The average molecular weight is 269 g/mol. The molecule has 0 aliphatic heterocycles. The largest absolute Gasteiger partial charge is 0.384 e. The number of nitrogens with zero attached hydrogens (tertiary/aromatic N) is 2. The maximum atomic E-state index is 11.2. The van der Waals surface area contributed by atoms with Crippen molar-refractivity contribution in [3.05, 3.63) is 53.9 Å². The molecule has 0 atom stereocenters. The molecule has 2 rings (SSSR count). The molecule has 0 saturated heterocycles. The molecular weight excluding hydrogens is 254 g/mol. The zero-order chi connectivity index (χ0) is 14.7. The molecule has 0 bridgehead atoms. The molecule has 0 radical (unpaired) electrons. The van der Waals surface area contributed by atoms with Crippen molar-refractivity contribution in [3.63, 3.8) is 0 Å². The quantitative estimate of drug-likeness (QED) is 0.573. The number of nitrogen functional groups attached to an aromatic ring is 1. The lowest BCUT2D eigenvalue weighted by molar-refractivity contribution is 0.0995. The number of nitrogens with one attached hydrogen (secondary N) is 1. The molecule has 0 aliphatic rings. The van der Waals surface area contributed by atoms with Crippen molar-refractivity contribution >= 4 is 23.1 Å². The van der Waals surface area contributed by atoms with Gasteiger partial charge in [0.1, 0.15) is 11.5 Å². The molecule has 1 amide bonds. The summed E-state index contributed by atoms with van der Waals surface area (Å²) >= 11 is 0. The van der Waals surface area contributed by atoms with Crippen molar-refractivity contribution in [1.29, 1.82) is 5.41 Å². The molecule has 0 fully saturated rings. The lowest BCUT2D eigenvalue weighted by Gasteiger charge is -2.20. The van der Waals surface area contributed by atoms with Crippen LogP contribution in [0.5, 0.6) is 0 Å². The maximum absolute atomic E-state index is 11.2. The average Bonchev–Trinajstić information content (AvgIpc) is 2.46. The molecule has 1 aromatic carbocycles. The molecule has 1 heterocycles. The molecule has 2 aromatic rings. The van der Waals surface area contributed by atoms with E-state index in [2.05, 4.69) is 4.98 Å². The van der Waals surface area contributed by atoms with Crippen LogP contribution in [-0.2, 0) is 0 Å². The van der Waals surface area contributed by atoms with E-state index in [9.17, 15) is 4.79 Å². The molecule has 0 spiro atoms. The number of amides is 1. The van der Waals surface area contributed by atoms with E-state index in [4.69, 9.17) is 16.9 Å². The summed E-state index contributed by atoms with van der Waals surface area (Å²) in [5, 5.41) is 7.46. The second kappa shape index (κ2) is 5.40. The number of pyridine rings is 1. The number of carbonyl (C=O) groups is 1. The van der Waals surface area contributed by atoms with E-state index < -0.39 is 5.91 Å². The Morgan fingerprint density at radius 3 is 2.55 bits per heavy atom. The van der Waals surface area contributed by atoms with Crippen molar-refractivity contribution in [2.75, 3.05) is 11.9 Å². The maximum Gasteiger partial charge on any atom is 0.267 e. The van der Waals surface area contributed by atoms with E-state index in [0.29, 0.717) is 5.56 Å². The highest BCUT2D eigenvalue weighted by Gasteiger charge is 2.09. The first-order valence-electron chi connectivity index (χ1n) is 5.93. The van der Waals surface area contributed by atoms with Crippen LogP contribution in [0.1, 0.15) is 16.1 Å². The van der Waals surface area contributed by atoms with Gasteiger partial charge in [-0.1, -0.05) is 12.1 Å². The summed E-state index contributed by atoms with van der Waals surface area (Å²) in [4.78, 5) is 16.9. The smallest absolute Gasteiger partial charge is 0.267 e. The van der Waals surface area contributed by atoms with Crippen molar-refractivity contribution < 1.29 is 4.79 Å². The molecule has 102 valence electrons. The molecule has 1 aromatic heterocycles. The predicted molar refractivity (Wildman–Crippen MR) is 78.3 cm³/mol. The number of carbonyl (C=O) groups excluding carboxylic acids is 1. The van der Waals surface area contributed by atoms with Crippen LogP contribution in [0.4, 0.5) is 11.4 Å². The van der Waals surface area contributed by atoms with E-state index in [-0.39, 0.29) is 11.5 Å². The van der Waals surface area contributed by atoms with Gasteiger partial charge in [-0.3, -0.25) is 15.2 Å². The van der Waals surface area contributed by atoms with Gasteiger partial charge in [-0.2, -0.15) is 0 Å². The predicted octanol–water partition coefficient (Wildman–Crippen LogP) is 1.23. The third-order valence-electron chi connectivity index (χ3n) is 2.93. The minimum atomic E-state index is -0.572. The first-order chi connectivity index (χ1) is 9.49. The van der Waals surface area contributed by atoms with Gasteiger partial charge in [0, 0.05) is 30.2 Å². The van der Waals surface area contributed by atoms with Gasteiger partial charge in [-0.05, 0) is 24.3 Å². The van der Waals surface area contributed by atoms with Crippen LogP contribution >= 0.6 is 0 Å². The lowest BCUT2D eigenvalue weighted by atomic mass is 10.1. The number of hydrogen-bond donors (Lipinski definition) is 3. The monoisotopic (exact) mass is 269 g/mol. The minimum Gasteiger partial charge on any atom is -0.384 e. The Hall–Kier alpha value is -2.89. The fraction of sp³-hybridized carbons (Fsp3) is 0.0714. The van der Waals surface area contributed by atoms with Crippen molar-refractivity contribution in [2.24, 2.45) is 11.5 Å². The van der Waals surface area contributed by atoms with Gasteiger partial charge in [0.25, 0.3) is 5.91 Å². The molecule has 0 saturated carbocycles. The standard InChI is InChI=1S/C14H15N5O/c1-19(10-4-2-3-9(7-10)13(15)16)11-5-6-18-12(8-11)14(17)20/h2-8H,1H3,(H3,15,16)(H2,17,20). The van der Waals surface area contributed by atoms with Gasteiger partial charge in [0.05, 0.1) is 0 Å². The van der Waals surface area contributed by atoms with E-state index in [1.807, 2.05) is 24.1 Å².